The minimum atomic E-state index is -0.222. The lowest BCUT2D eigenvalue weighted by Crippen LogP contribution is -2.31. The maximum absolute atomic E-state index is 11.5. The molecular formula is C17H14N4OS. The first-order valence-electron chi connectivity index (χ1n) is 7.19. The molecule has 2 aromatic carbocycles. The fraction of sp³-hybridized carbons (Fsp3) is 0.0588. The van der Waals surface area contributed by atoms with Gasteiger partial charge in [-0.1, -0.05) is 54.2 Å². The van der Waals surface area contributed by atoms with Gasteiger partial charge in [0.1, 0.15) is 5.03 Å². The largest absolute Gasteiger partial charge is 0.353 e. The van der Waals surface area contributed by atoms with Gasteiger partial charge < -0.3 is 4.98 Å². The molecule has 0 spiro atoms. The van der Waals surface area contributed by atoms with Crippen LogP contribution in [0.25, 0.3) is 32.7 Å². The molecule has 4 rings (SSSR count). The monoisotopic (exact) mass is 322 g/mol. The van der Waals surface area contributed by atoms with Gasteiger partial charge >= 0.3 is 0 Å². The van der Waals surface area contributed by atoms with Gasteiger partial charge in [0, 0.05) is 21.7 Å². The zero-order valence-electron chi connectivity index (χ0n) is 12.2. The number of carbonyl (C=O) groups excluding carboxylic acids is 1. The van der Waals surface area contributed by atoms with Crippen molar-refractivity contribution in [3.05, 3.63) is 48.5 Å². The third kappa shape index (κ3) is 2.32. The van der Waals surface area contributed by atoms with Crippen LogP contribution in [0.3, 0.4) is 0 Å². The second kappa shape index (κ2) is 5.57. The molecule has 2 aromatic heterocycles. The maximum atomic E-state index is 11.5. The summed E-state index contributed by atoms with van der Waals surface area (Å²) < 4.78 is 0. The Morgan fingerprint density at radius 3 is 2.57 bits per heavy atom. The van der Waals surface area contributed by atoms with Gasteiger partial charge in [0.25, 0.3) is 0 Å². The lowest BCUT2D eigenvalue weighted by Gasteiger charge is -2.06. The molecule has 0 fully saturated rings. The third-order valence-electron chi connectivity index (χ3n) is 3.82. The van der Waals surface area contributed by atoms with Gasteiger partial charge in [-0.3, -0.25) is 10.2 Å². The number of aromatic nitrogens is 2. The minimum absolute atomic E-state index is 0.222. The molecular weight excluding hydrogens is 308 g/mol. The summed E-state index contributed by atoms with van der Waals surface area (Å²) in [6.45, 7) is 0. The fourth-order valence-electron chi connectivity index (χ4n) is 2.77. The van der Waals surface area contributed by atoms with E-state index in [1.807, 2.05) is 36.4 Å². The Morgan fingerprint density at radius 2 is 1.78 bits per heavy atom. The normalized spacial score (nSPS) is 11.3. The van der Waals surface area contributed by atoms with Gasteiger partial charge in [0.15, 0.2) is 0 Å². The molecule has 1 amide bonds. The average molecular weight is 322 g/mol. The third-order valence-corrected chi connectivity index (χ3v) is 4.81. The lowest BCUT2D eigenvalue weighted by atomic mass is 10.1. The summed E-state index contributed by atoms with van der Waals surface area (Å²) in [6, 6.07) is 16.2. The van der Waals surface area contributed by atoms with Gasteiger partial charge in [-0.15, -0.1) is 0 Å². The highest BCUT2D eigenvalue weighted by Crippen LogP contribution is 2.34. The zero-order chi connectivity index (χ0) is 15.8. The smallest absolute Gasteiger partial charge is 0.244 e. The van der Waals surface area contributed by atoms with Crippen molar-refractivity contribution >= 4 is 50.4 Å². The highest BCUT2D eigenvalue weighted by molar-refractivity contribution is 8.00. The van der Waals surface area contributed by atoms with Crippen molar-refractivity contribution in [2.75, 3.05) is 5.75 Å². The van der Waals surface area contributed by atoms with E-state index < -0.39 is 0 Å². The number of amides is 1. The number of nitrogens with zero attached hydrogens (tertiary/aromatic N) is 1. The summed E-state index contributed by atoms with van der Waals surface area (Å²) in [5.41, 5.74) is 5.16. The van der Waals surface area contributed by atoms with Crippen LogP contribution in [-0.2, 0) is 4.79 Å². The highest BCUT2D eigenvalue weighted by atomic mass is 32.2. The Morgan fingerprint density at radius 1 is 1.09 bits per heavy atom. The standard InChI is InChI=1S/C17H14N4OS/c18-21-14(22)9-23-17-11-6-2-1-5-10(11)15-16(20-17)12-7-3-4-8-13(12)19-15/h1-8,19H,9,18H2,(H,21,22). The molecule has 0 unspecified atom stereocenters. The minimum Gasteiger partial charge on any atom is -0.353 e. The van der Waals surface area contributed by atoms with Crippen LogP contribution in [-0.4, -0.2) is 21.6 Å². The number of carbonyl (C=O) groups is 1. The van der Waals surface area contributed by atoms with Crippen LogP contribution in [0.5, 0.6) is 0 Å². The molecule has 5 nitrogen and oxygen atoms in total. The average Bonchev–Trinajstić information content (AvgIpc) is 2.98. The van der Waals surface area contributed by atoms with Gasteiger partial charge in [0.2, 0.25) is 5.91 Å². The van der Waals surface area contributed by atoms with E-state index in [1.54, 1.807) is 0 Å². The number of pyridine rings is 1. The van der Waals surface area contributed by atoms with Crippen molar-refractivity contribution in [2.45, 2.75) is 5.03 Å². The van der Waals surface area contributed by atoms with Crippen molar-refractivity contribution in [1.82, 2.24) is 15.4 Å². The van der Waals surface area contributed by atoms with Crippen molar-refractivity contribution < 1.29 is 4.79 Å². The molecule has 6 heteroatoms. The number of hydrogen-bond donors (Lipinski definition) is 3. The van der Waals surface area contributed by atoms with E-state index >= 15 is 0 Å². The predicted octanol–water partition coefficient (Wildman–Crippen LogP) is 2.95. The Bertz CT molecular complexity index is 1040. The molecule has 114 valence electrons. The molecule has 0 saturated carbocycles. The van der Waals surface area contributed by atoms with E-state index in [9.17, 15) is 4.79 Å². The molecule has 4 aromatic rings. The number of benzene rings is 2. The number of rotatable bonds is 3. The van der Waals surface area contributed by atoms with Crippen LogP contribution < -0.4 is 11.3 Å². The van der Waals surface area contributed by atoms with Gasteiger partial charge in [0.05, 0.1) is 16.8 Å². The van der Waals surface area contributed by atoms with Gasteiger partial charge in [-0.05, 0) is 6.07 Å². The first kappa shape index (κ1) is 14.0. The SMILES string of the molecule is NNC(=O)CSc1nc2c3ccccc3[nH]c2c2ccccc12. The highest BCUT2D eigenvalue weighted by Gasteiger charge is 2.13. The Labute approximate surface area is 136 Å². The van der Waals surface area contributed by atoms with Crippen LogP contribution in [0.1, 0.15) is 0 Å². The summed E-state index contributed by atoms with van der Waals surface area (Å²) in [5, 5.41) is 4.05. The van der Waals surface area contributed by atoms with E-state index in [1.165, 1.54) is 11.8 Å². The molecule has 0 atom stereocenters. The number of aromatic amines is 1. The number of hydrazine groups is 1. The number of nitrogens with one attached hydrogen (secondary N) is 2. The van der Waals surface area contributed by atoms with Crippen LogP contribution in [0.15, 0.2) is 53.6 Å². The Kier molecular flexibility index (Phi) is 3.40. The molecule has 4 N–H and O–H groups in total. The Hall–Kier alpha value is -2.57. The van der Waals surface area contributed by atoms with Gasteiger partial charge in [-0.25, -0.2) is 10.8 Å². The first-order chi connectivity index (χ1) is 11.3. The molecule has 2 heterocycles. The molecule has 0 bridgehead atoms. The van der Waals surface area contributed by atoms with Crippen molar-refractivity contribution in [2.24, 2.45) is 5.84 Å². The quantitative estimate of drug-likeness (QED) is 0.234. The number of H-pyrrole nitrogens is 1. The van der Waals surface area contributed by atoms with Crippen LogP contribution >= 0.6 is 11.8 Å². The molecule has 0 aliphatic rings. The van der Waals surface area contributed by atoms with E-state index in [0.717, 1.165) is 37.7 Å². The molecule has 23 heavy (non-hydrogen) atoms. The van der Waals surface area contributed by atoms with E-state index in [-0.39, 0.29) is 11.7 Å². The zero-order valence-corrected chi connectivity index (χ0v) is 13.0. The fourth-order valence-corrected chi connectivity index (χ4v) is 3.61. The molecule has 0 radical (unpaired) electrons. The summed E-state index contributed by atoms with van der Waals surface area (Å²) >= 11 is 1.39. The van der Waals surface area contributed by atoms with Crippen LogP contribution in [0, 0.1) is 0 Å². The second-order valence-electron chi connectivity index (χ2n) is 5.21. The van der Waals surface area contributed by atoms with Crippen molar-refractivity contribution in [3.8, 4) is 0 Å². The molecule has 0 aliphatic heterocycles. The van der Waals surface area contributed by atoms with E-state index in [0.29, 0.717) is 0 Å². The topological polar surface area (TPSA) is 83.8 Å². The predicted molar refractivity (Wildman–Crippen MR) is 94.2 cm³/mol. The first-order valence-corrected chi connectivity index (χ1v) is 8.18. The van der Waals surface area contributed by atoms with Crippen molar-refractivity contribution in [1.29, 1.82) is 0 Å². The van der Waals surface area contributed by atoms with E-state index in [2.05, 4.69) is 22.5 Å². The molecule has 0 saturated heterocycles. The lowest BCUT2D eigenvalue weighted by molar-refractivity contribution is -0.118. The number of fused-ring (bicyclic) bond motifs is 5. The Balaban J connectivity index is 1.99. The number of thioether (sulfide) groups is 1. The van der Waals surface area contributed by atoms with Crippen molar-refractivity contribution in [3.63, 3.8) is 0 Å². The number of nitrogens with two attached hydrogens (primary N) is 1. The van der Waals surface area contributed by atoms with Crippen LogP contribution in [0.4, 0.5) is 0 Å². The second-order valence-corrected chi connectivity index (χ2v) is 6.18. The summed E-state index contributed by atoms with van der Waals surface area (Å²) in [6.07, 6.45) is 0. The van der Waals surface area contributed by atoms with Crippen LogP contribution in [0.2, 0.25) is 0 Å². The summed E-state index contributed by atoms with van der Waals surface area (Å²) in [5.74, 6) is 5.17. The number of hydrogen-bond acceptors (Lipinski definition) is 4. The molecule has 0 aliphatic carbocycles. The summed E-state index contributed by atoms with van der Waals surface area (Å²) in [7, 11) is 0. The number of para-hydroxylation sites is 1. The summed E-state index contributed by atoms with van der Waals surface area (Å²) in [4.78, 5) is 19.7. The maximum Gasteiger partial charge on any atom is 0.244 e. The van der Waals surface area contributed by atoms with E-state index in [4.69, 9.17) is 10.8 Å². The van der Waals surface area contributed by atoms with Gasteiger partial charge in [-0.2, -0.15) is 0 Å².